The minimum atomic E-state index is 0.0393. The third-order valence-corrected chi connectivity index (χ3v) is 3.15. The van der Waals surface area contributed by atoms with Gasteiger partial charge < -0.3 is 19.9 Å². The van der Waals surface area contributed by atoms with Crippen molar-refractivity contribution in [2.45, 2.75) is 39.3 Å². The summed E-state index contributed by atoms with van der Waals surface area (Å²) in [6.07, 6.45) is 5.95. The van der Waals surface area contributed by atoms with Crippen molar-refractivity contribution < 1.29 is 9.53 Å². The normalized spacial score (nSPS) is 12.3. The Hall–Kier alpha value is -1.33. The van der Waals surface area contributed by atoms with E-state index in [2.05, 4.69) is 30.5 Å². The average Bonchev–Trinajstić information content (AvgIpc) is 2.89. The summed E-state index contributed by atoms with van der Waals surface area (Å²) in [5.74, 6) is 0.0393. The SMILES string of the molecule is CCCNC(C)c1ccn(CC(=O)NCCCOC)c1. The smallest absolute Gasteiger partial charge is 0.239 e. The quantitative estimate of drug-likeness (QED) is 0.642. The average molecular weight is 281 g/mol. The summed E-state index contributed by atoms with van der Waals surface area (Å²) in [6.45, 7) is 7.00. The van der Waals surface area contributed by atoms with E-state index in [1.807, 2.05) is 17.0 Å². The van der Waals surface area contributed by atoms with E-state index in [0.29, 0.717) is 25.7 Å². The molecule has 1 aromatic rings. The molecule has 1 unspecified atom stereocenters. The Morgan fingerprint density at radius 1 is 1.45 bits per heavy atom. The monoisotopic (exact) mass is 281 g/mol. The van der Waals surface area contributed by atoms with Crippen LogP contribution in [0.4, 0.5) is 0 Å². The summed E-state index contributed by atoms with van der Waals surface area (Å²) in [5, 5.41) is 6.32. The van der Waals surface area contributed by atoms with Crippen molar-refractivity contribution in [3.63, 3.8) is 0 Å². The predicted octanol–water partition coefficient (Wildman–Crippen LogP) is 1.70. The zero-order valence-electron chi connectivity index (χ0n) is 12.8. The van der Waals surface area contributed by atoms with E-state index in [-0.39, 0.29) is 5.91 Å². The van der Waals surface area contributed by atoms with Gasteiger partial charge in [-0.3, -0.25) is 4.79 Å². The zero-order chi connectivity index (χ0) is 14.8. The first kappa shape index (κ1) is 16.7. The fourth-order valence-electron chi connectivity index (χ4n) is 1.96. The van der Waals surface area contributed by atoms with Crippen molar-refractivity contribution >= 4 is 5.91 Å². The second kappa shape index (κ2) is 9.55. The number of ether oxygens (including phenoxy) is 1. The van der Waals surface area contributed by atoms with Crippen LogP contribution in [0.2, 0.25) is 0 Å². The first-order valence-corrected chi connectivity index (χ1v) is 7.32. The molecule has 0 aliphatic carbocycles. The van der Waals surface area contributed by atoms with Crippen LogP contribution in [0.1, 0.15) is 38.3 Å². The fraction of sp³-hybridized carbons (Fsp3) is 0.667. The third-order valence-electron chi connectivity index (χ3n) is 3.15. The number of amides is 1. The molecule has 1 heterocycles. The fourth-order valence-corrected chi connectivity index (χ4v) is 1.96. The molecule has 20 heavy (non-hydrogen) atoms. The number of hydrogen-bond acceptors (Lipinski definition) is 3. The number of aromatic nitrogens is 1. The lowest BCUT2D eigenvalue weighted by Gasteiger charge is -2.11. The van der Waals surface area contributed by atoms with Crippen LogP contribution in [-0.2, 0) is 16.1 Å². The first-order chi connectivity index (χ1) is 9.67. The van der Waals surface area contributed by atoms with Crippen molar-refractivity contribution in [1.82, 2.24) is 15.2 Å². The van der Waals surface area contributed by atoms with Crippen LogP contribution in [0.3, 0.4) is 0 Å². The molecule has 0 aliphatic rings. The second-order valence-corrected chi connectivity index (χ2v) is 4.99. The van der Waals surface area contributed by atoms with Crippen LogP contribution >= 0.6 is 0 Å². The molecule has 5 nitrogen and oxygen atoms in total. The highest BCUT2D eigenvalue weighted by Crippen LogP contribution is 2.12. The second-order valence-electron chi connectivity index (χ2n) is 4.99. The van der Waals surface area contributed by atoms with E-state index in [4.69, 9.17) is 4.74 Å². The molecule has 114 valence electrons. The molecule has 1 aromatic heterocycles. The molecular formula is C15H27N3O2. The molecule has 1 atom stereocenters. The zero-order valence-corrected chi connectivity index (χ0v) is 12.8. The molecule has 2 N–H and O–H groups in total. The molecule has 0 saturated carbocycles. The van der Waals surface area contributed by atoms with Gasteiger partial charge in [-0.15, -0.1) is 0 Å². The molecule has 0 bridgehead atoms. The minimum absolute atomic E-state index is 0.0393. The van der Waals surface area contributed by atoms with Crippen LogP contribution in [0.5, 0.6) is 0 Å². The summed E-state index contributed by atoms with van der Waals surface area (Å²) in [5.41, 5.74) is 1.21. The molecule has 0 aliphatic heterocycles. The van der Waals surface area contributed by atoms with Gasteiger partial charge in [0.05, 0.1) is 0 Å². The lowest BCUT2D eigenvalue weighted by atomic mass is 10.2. The summed E-state index contributed by atoms with van der Waals surface area (Å²) >= 11 is 0. The Morgan fingerprint density at radius 3 is 2.95 bits per heavy atom. The number of nitrogens with one attached hydrogen (secondary N) is 2. The maximum absolute atomic E-state index is 11.7. The maximum atomic E-state index is 11.7. The number of nitrogens with zero attached hydrogens (tertiary/aromatic N) is 1. The van der Waals surface area contributed by atoms with Gasteiger partial charge in [0.25, 0.3) is 0 Å². The molecule has 1 rings (SSSR count). The minimum Gasteiger partial charge on any atom is -0.385 e. The van der Waals surface area contributed by atoms with Crippen LogP contribution in [0.25, 0.3) is 0 Å². The first-order valence-electron chi connectivity index (χ1n) is 7.32. The van der Waals surface area contributed by atoms with Gasteiger partial charge in [0.1, 0.15) is 6.54 Å². The van der Waals surface area contributed by atoms with Crippen LogP contribution in [0, 0.1) is 0 Å². The Bertz CT molecular complexity index is 390. The molecule has 0 fully saturated rings. The largest absolute Gasteiger partial charge is 0.385 e. The summed E-state index contributed by atoms with van der Waals surface area (Å²) in [6, 6.07) is 2.38. The molecular weight excluding hydrogens is 254 g/mol. The topological polar surface area (TPSA) is 55.3 Å². The predicted molar refractivity (Wildman–Crippen MR) is 80.6 cm³/mol. The molecule has 0 spiro atoms. The van der Waals surface area contributed by atoms with Gasteiger partial charge in [0.15, 0.2) is 0 Å². The Balaban J connectivity index is 2.33. The van der Waals surface area contributed by atoms with Crippen molar-refractivity contribution in [2.24, 2.45) is 0 Å². The van der Waals surface area contributed by atoms with E-state index in [0.717, 1.165) is 19.4 Å². The van der Waals surface area contributed by atoms with Gasteiger partial charge in [0, 0.05) is 38.7 Å². The van der Waals surface area contributed by atoms with E-state index in [1.54, 1.807) is 7.11 Å². The summed E-state index contributed by atoms with van der Waals surface area (Å²) in [7, 11) is 1.66. The number of carbonyl (C=O) groups is 1. The van der Waals surface area contributed by atoms with E-state index < -0.39 is 0 Å². The third kappa shape index (κ3) is 6.21. The summed E-state index contributed by atoms with van der Waals surface area (Å²) in [4.78, 5) is 11.7. The van der Waals surface area contributed by atoms with Gasteiger partial charge >= 0.3 is 0 Å². The van der Waals surface area contributed by atoms with Gasteiger partial charge in [-0.1, -0.05) is 6.92 Å². The van der Waals surface area contributed by atoms with E-state index in [1.165, 1.54) is 5.56 Å². The Morgan fingerprint density at radius 2 is 2.25 bits per heavy atom. The maximum Gasteiger partial charge on any atom is 0.239 e. The van der Waals surface area contributed by atoms with Crippen LogP contribution in [0.15, 0.2) is 18.5 Å². The molecule has 0 aromatic carbocycles. The number of methoxy groups -OCH3 is 1. The van der Waals surface area contributed by atoms with Gasteiger partial charge in [-0.25, -0.2) is 0 Å². The van der Waals surface area contributed by atoms with E-state index >= 15 is 0 Å². The van der Waals surface area contributed by atoms with Crippen molar-refractivity contribution in [2.75, 3.05) is 26.8 Å². The molecule has 1 amide bonds. The molecule has 0 radical (unpaired) electrons. The Kier molecular flexibility index (Phi) is 7.99. The standard InChI is InChI=1S/C15H27N3O2/c1-4-7-16-13(2)14-6-9-18(11-14)12-15(19)17-8-5-10-20-3/h6,9,11,13,16H,4-5,7-8,10,12H2,1-3H3,(H,17,19). The van der Waals surface area contributed by atoms with Crippen molar-refractivity contribution in [3.8, 4) is 0 Å². The summed E-state index contributed by atoms with van der Waals surface area (Å²) < 4.78 is 6.86. The number of carbonyl (C=O) groups excluding carboxylic acids is 1. The van der Waals surface area contributed by atoms with Crippen LogP contribution in [-0.4, -0.2) is 37.3 Å². The number of rotatable bonds is 10. The Labute approximate surface area is 121 Å². The lowest BCUT2D eigenvalue weighted by molar-refractivity contribution is -0.121. The van der Waals surface area contributed by atoms with Crippen LogP contribution < -0.4 is 10.6 Å². The van der Waals surface area contributed by atoms with Crippen molar-refractivity contribution in [1.29, 1.82) is 0 Å². The van der Waals surface area contributed by atoms with Gasteiger partial charge in [-0.05, 0) is 37.9 Å². The van der Waals surface area contributed by atoms with Gasteiger partial charge in [0.2, 0.25) is 5.91 Å². The van der Waals surface area contributed by atoms with E-state index in [9.17, 15) is 4.79 Å². The van der Waals surface area contributed by atoms with Gasteiger partial charge in [-0.2, -0.15) is 0 Å². The highest BCUT2D eigenvalue weighted by molar-refractivity contribution is 5.75. The van der Waals surface area contributed by atoms with Crippen molar-refractivity contribution in [3.05, 3.63) is 24.0 Å². The molecule has 0 saturated heterocycles. The highest BCUT2D eigenvalue weighted by atomic mass is 16.5. The number of hydrogen-bond donors (Lipinski definition) is 2. The molecule has 5 heteroatoms. The highest BCUT2D eigenvalue weighted by Gasteiger charge is 2.07. The lowest BCUT2D eigenvalue weighted by Crippen LogP contribution is -2.28.